The van der Waals surface area contributed by atoms with Gasteiger partial charge in [0.05, 0.1) is 6.10 Å². The molecule has 0 atom stereocenters. The highest BCUT2D eigenvalue weighted by molar-refractivity contribution is 9.10. The zero-order valence-corrected chi connectivity index (χ0v) is 16.2. The van der Waals surface area contributed by atoms with Gasteiger partial charge in [-0.1, -0.05) is 0 Å². The highest BCUT2D eigenvalue weighted by Crippen LogP contribution is 2.43. The van der Waals surface area contributed by atoms with Crippen molar-refractivity contribution < 1.29 is 9.50 Å². The molecule has 1 aliphatic carbocycles. The highest BCUT2D eigenvalue weighted by atomic mass is 79.9. The van der Waals surface area contributed by atoms with Crippen LogP contribution >= 0.6 is 15.9 Å². The maximum atomic E-state index is 14.2. The van der Waals surface area contributed by atoms with Crippen LogP contribution in [0, 0.1) is 11.2 Å². The van der Waals surface area contributed by atoms with Crippen LogP contribution in [-0.2, 0) is 0 Å². The molecule has 1 saturated carbocycles. The molecule has 0 bridgehead atoms. The van der Waals surface area contributed by atoms with Crippen LogP contribution in [-0.4, -0.2) is 53.3 Å². The number of piperidine rings is 1. The molecule has 1 aromatic heterocycles. The van der Waals surface area contributed by atoms with Crippen molar-refractivity contribution in [3.05, 3.63) is 22.6 Å². The minimum absolute atomic E-state index is 0.0793. The summed E-state index contributed by atoms with van der Waals surface area (Å²) in [6, 6.07) is 2.16. The Morgan fingerprint density at radius 2 is 1.80 bits per heavy atom. The molecule has 0 amide bonds. The van der Waals surface area contributed by atoms with Gasteiger partial charge < -0.3 is 10.0 Å². The van der Waals surface area contributed by atoms with Gasteiger partial charge in [-0.15, -0.1) is 0 Å². The van der Waals surface area contributed by atoms with Crippen molar-refractivity contribution in [1.82, 2.24) is 9.88 Å². The summed E-state index contributed by atoms with van der Waals surface area (Å²) in [7, 11) is 0. The molecule has 3 aliphatic rings. The number of likely N-dealkylation sites (tertiary alicyclic amines) is 1. The van der Waals surface area contributed by atoms with E-state index in [1.54, 1.807) is 6.20 Å². The number of aromatic nitrogens is 1. The Morgan fingerprint density at radius 1 is 1.12 bits per heavy atom. The fourth-order valence-electron chi connectivity index (χ4n) is 4.95. The first-order valence-electron chi connectivity index (χ1n) is 9.53. The number of hydrogen-bond acceptors (Lipinski definition) is 4. The summed E-state index contributed by atoms with van der Waals surface area (Å²) in [6.07, 6.45) is 9.28. The lowest BCUT2D eigenvalue weighted by atomic mass is 9.77. The van der Waals surface area contributed by atoms with Gasteiger partial charge in [0, 0.05) is 36.3 Å². The predicted octanol–water partition coefficient (Wildman–Crippen LogP) is 3.58. The molecule has 2 saturated heterocycles. The number of aliphatic hydroxyl groups is 1. The van der Waals surface area contributed by atoms with E-state index in [-0.39, 0.29) is 11.9 Å². The van der Waals surface area contributed by atoms with Crippen LogP contribution in [0.3, 0.4) is 0 Å². The van der Waals surface area contributed by atoms with Gasteiger partial charge in [0.1, 0.15) is 0 Å². The third-order valence-corrected chi connectivity index (χ3v) is 7.00. The Labute approximate surface area is 157 Å². The predicted molar refractivity (Wildman–Crippen MR) is 100 cm³/mol. The molecule has 6 heteroatoms. The zero-order chi connectivity index (χ0) is 17.4. The number of hydrogen-bond donors (Lipinski definition) is 1. The standard InChI is InChI=1S/C19H27BrFN3O/c20-14-11-17(21)18(22-12-14)23-8-5-19(6-9-23)7-10-24(13-19)15-1-3-16(25)4-2-15/h11-12,15-16,25H,1-10,13H2/t15-,16-. The van der Waals surface area contributed by atoms with E-state index in [0.717, 1.165) is 51.6 Å². The average Bonchev–Trinajstić information content (AvgIpc) is 3.01. The topological polar surface area (TPSA) is 39.6 Å². The van der Waals surface area contributed by atoms with E-state index in [1.807, 2.05) is 0 Å². The van der Waals surface area contributed by atoms with Crippen molar-refractivity contribution in [3.63, 3.8) is 0 Å². The van der Waals surface area contributed by atoms with Gasteiger partial charge in [-0.3, -0.25) is 4.90 Å². The van der Waals surface area contributed by atoms with E-state index >= 15 is 0 Å². The molecule has 2 aliphatic heterocycles. The summed E-state index contributed by atoms with van der Waals surface area (Å²) >= 11 is 3.27. The number of rotatable bonds is 2. The van der Waals surface area contributed by atoms with Crippen molar-refractivity contribution >= 4 is 21.7 Å². The van der Waals surface area contributed by atoms with Gasteiger partial charge >= 0.3 is 0 Å². The summed E-state index contributed by atoms with van der Waals surface area (Å²) in [5.74, 6) is 0.258. The molecule has 1 aromatic rings. The summed E-state index contributed by atoms with van der Waals surface area (Å²) in [6.45, 7) is 4.15. The van der Waals surface area contributed by atoms with Crippen LogP contribution in [0.2, 0.25) is 0 Å². The smallest absolute Gasteiger partial charge is 0.166 e. The second-order valence-electron chi connectivity index (χ2n) is 8.13. The maximum Gasteiger partial charge on any atom is 0.166 e. The molecule has 3 fully saturated rings. The van der Waals surface area contributed by atoms with Crippen molar-refractivity contribution in [3.8, 4) is 0 Å². The zero-order valence-electron chi connectivity index (χ0n) is 14.6. The van der Waals surface area contributed by atoms with Crippen LogP contribution in [0.25, 0.3) is 0 Å². The maximum absolute atomic E-state index is 14.2. The van der Waals surface area contributed by atoms with Crippen LogP contribution < -0.4 is 4.90 Å². The normalized spacial score (nSPS) is 30.1. The lowest BCUT2D eigenvalue weighted by molar-refractivity contribution is 0.0762. The fraction of sp³-hybridized carbons (Fsp3) is 0.737. The Morgan fingerprint density at radius 3 is 2.48 bits per heavy atom. The van der Waals surface area contributed by atoms with Gasteiger partial charge in [0.25, 0.3) is 0 Å². The van der Waals surface area contributed by atoms with E-state index in [1.165, 1.54) is 25.6 Å². The fourth-order valence-corrected chi connectivity index (χ4v) is 5.25. The van der Waals surface area contributed by atoms with E-state index in [0.29, 0.717) is 21.7 Å². The van der Waals surface area contributed by atoms with Crippen LogP contribution in [0.5, 0.6) is 0 Å². The molecule has 25 heavy (non-hydrogen) atoms. The molecule has 0 radical (unpaired) electrons. The molecule has 138 valence electrons. The Bertz CT molecular complexity index is 613. The number of nitrogens with zero attached hydrogens (tertiary/aromatic N) is 3. The molecule has 0 aromatic carbocycles. The average molecular weight is 412 g/mol. The third kappa shape index (κ3) is 3.71. The van der Waals surface area contributed by atoms with Gasteiger partial charge in [0.15, 0.2) is 11.6 Å². The van der Waals surface area contributed by atoms with Gasteiger partial charge in [-0.25, -0.2) is 9.37 Å². The van der Waals surface area contributed by atoms with Gasteiger partial charge in [-0.2, -0.15) is 0 Å². The van der Waals surface area contributed by atoms with Crippen LogP contribution in [0.4, 0.5) is 10.2 Å². The molecule has 4 nitrogen and oxygen atoms in total. The van der Waals surface area contributed by atoms with Crippen molar-refractivity contribution in [2.24, 2.45) is 5.41 Å². The highest BCUT2D eigenvalue weighted by Gasteiger charge is 2.43. The minimum Gasteiger partial charge on any atom is -0.393 e. The van der Waals surface area contributed by atoms with Gasteiger partial charge in [-0.05, 0) is 78.9 Å². The second kappa shape index (κ2) is 7.12. The number of halogens is 2. The van der Waals surface area contributed by atoms with Crippen molar-refractivity contribution in [2.75, 3.05) is 31.1 Å². The minimum atomic E-state index is -0.237. The Balaban J connectivity index is 1.35. The molecule has 1 N–H and O–H groups in total. The largest absolute Gasteiger partial charge is 0.393 e. The first-order valence-corrected chi connectivity index (χ1v) is 10.3. The number of pyridine rings is 1. The first-order chi connectivity index (χ1) is 12.0. The van der Waals surface area contributed by atoms with Crippen LogP contribution in [0.15, 0.2) is 16.7 Å². The Hall–Kier alpha value is -0.720. The number of anilines is 1. The molecule has 4 rings (SSSR count). The van der Waals surface area contributed by atoms with Crippen molar-refractivity contribution in [1.29, 1.82) is 0 Å². The summed E-state index contributed by atoms with van der Waals surface area (Å²) in [5.41, 5.74) is 0.401. The van der Waals surface area contributed by atoms with Crippen LogP contribution in [0.1, 0.15) is 44.9 Å². The lowest BCUT2D eigenvalue weighted by Gasteiger charge is -2.41. The van der Waals surface area contributed by atoms with E-state index in [4.69, 9.17) is 0 Å². The lowest BCUT2D eigenvalue weighted by Crippen LogP contribution is -2.44. The van der Waals surface area contributed by atoms with E-state index in [2.05, 4.69) is 30.7 Å². The summed E-state index contributed by atoms with van der Waals surface area (Å²) in [5, 5.41) is 9.73. The Kier molecular flexibility index (Phi) is 5.04. The monoisotopic (exact) mass is 411 g/mol. The number of aliphatic hydroxyl groups excluding tert-OH is 1. The van der Waals surface area contributed by atoms with E-state index < -0.39 is 0 Å². The SMILES string of the molecule is O[C@H]1CC[C@H](N2CCC3(CCN(c4ncc(Br)cc4F)CC3)C2)CC1. The summed E-state index contributed by atoms with van der Waals surface area (Å²) < 4.78 is 14.9. The van der Waals surface area contributed by atoms with Gasteiger partial charge in [0.2, 0.25) is 0 Å². The molecule has 0 unspecified atom stereocenters. The quantitative estimate of drug-likeness (QED) is 0.806. The third-order valence-electron chi connectivity index (χ3n) is 6.56. The second-order valence-corrected chi connectivity index (χ2v) is 9.04. The molecular formula is C19H27BrFN3O. The molecule has 1 spiro atoms. The first kappa shape index (κ1) is 17.7. The molecule has 3 heterocycles. The molecular weight excluding hydrogens is 385 g/mol. The van der Waals surface area contributed by atoms with E-state index in [9.17, 15) is 9.50 Å². The summed E-state index contributed by atoms with van der Waals surface area (Å²) in [4.78, 5) is 9.05. The van der Waals surface area contributed by atoms with Crippen molar-refractivity contribution in [2.45, 2.75) is 57.1 Å².